The van der Waals surface area contributed by atoms with Crippen molar-refractivity contribution in [1.29, 1.82) is 0 Å². The Labute approximate surface area is 127 Å². The molecule has 0 spiro atoms. The molecule has 102 valence electrons. The van der Waals surface area contributed by atoms with Crippen LogP contribution in [0.1, 0.15) is 32.1 Å². The molecule has 3 rings (SSSR count). The molecule has 3 atom stereocenters. The Balaban J connectivity index is 1.61. The molecule has 1 aromatic carbocycles. The monoisotopic (exact) mass is 341 g/mol. The molecule has 2 aliphatic carbocycles. The van der Waals surface area contributed by atoms with Gasteiger partial charge in [-0.2, -0.15) is 0 Å². The molecular formula is C15H17BrClNO. The topological polar surface area (TPSA) is 29.1 Å². The molecule has 0 aromatic heterocycles. The molecule has 0 saturated heterocycles. The molecule has 3 unspecified atom stereocenters. The number of amides is 1. The number of nitrogens with one attached hydrogen (secondary N) is 1. The fraction of sp³-hybridized carbons (Fsp3) is 0.533. The van der Waals surface area contributed by atoms with Crippen LogP contribution in [0.5, 0.6) is 0 Å². The summed E-state index contributed by atoms with van der Waals surface area (Å²) in [4.78, 5) is 12.1. The van der Waals surface area contributed by atoms with Gasteiger partial charge in [-0.05, 0) is 55.2 Å². The van der Waals surface area contributed by atoms with Crippen LogP contribution < -0.4 is 5.32 Å². The van der Waals surface area contributed by atoms with E-state index in [1.807, 2.05) is 12.1 Å². The number of hydrogen-bond acceptors (Lipinski definition) is 1. The van der Waals surface area contributed by atoms with Crippen LogP contribution in [-0.2, 0) is 4.79 Å². The first kappa shape index (κ1) is 13.4. The van der Waals surface area contributed by atoms with Crippen LogP contribution in [0.2, 0.25) is 5.02 Å². The SMILES string of the molecule is O=C(CC1CC2CCC1C2)Nc1cc(Br)ccc1Cl. The van der Waals surface area contributed by atoms with Gasteiger partial charge in [0.05, 0.1) is 10.7 Å². The second-order valence-corrected chi connectivity index (χ2v) is 7.13. The van der Waals surface area contributed by atoms with Gasteiger partial charge in [-0.1, -0.05) is 34.0 Å². The van der Waals surface area contributed by atoms with Crippen molar-refractivity contribution in [3.63, 3.8) is 0 Å². The van der Waals surface area contributed by atoms with E-state index in [1.165, 1.54) is 25.7 Å². The fourth-order valence-corrected chi connectivity index (χ4v) is 4.18. The molecule has 2 bridgehead atoms. The van der Waals surface area contributed by atoms with Gasteiger partial charge in [0.2, 0.25) is 5.91 Å². The molecule has 2 aliphatic rings. The second kappa shape index (κ2) is 5.45. The number of carbonyl (C=O) groups excluding carboxylic acids is 1. The van der Waals surface area contributed by atoms with E-state index in [9.17, 15) is 4.79 Å². The quantitative estimate of drug-likeness (QED) is 0.834. The predicted molar refractivity (Wildman–Crippen MR) is 81.3 cm³/mol. The molecule has 2 nitrogen and oxygen atoms in total. The van der Waals surface area contributed by atoms with Crippen molar-refractivity contribution in [3.05, 3.63) is 27.7 Å². The van der Waals surface area contributed by atoms with E-state index in [0.717, 1.165) is 16.3 Å². The van der Waals surface area contributed by atoms with Crippen molar-refractivity contribution in [2.24, 2.45) is 17.8 Å². The van der Waals surface area contributed by atoms with Gasteiger partial charge in [-0.25, -0.2) is 0 Å². The number of carbonyl (C=O) groups is 1. The van der Waals surface area contributed by atoms with Gasteiger partial charge in [0.25, 0.3) is 0 Å². The summed E-state index contributed by atoms with van der Waals surface area (Å²) in [7, 11) is 0. The molecule has 2 saturated carbocycles. The van der Waals surface area contributed by atoms with Crippen molar-refractivity contribution >= 4 is 39.1 Å². The number of rotatable bonds is 3. The van der Waals surface area contributed by atoms with Crippen molar-refractivity contribution in [1.82, 2.24) is 0 Å². The van der Waals surface area contributed by atoms with Crippen molar-refractivity contribution < 1.29 is 4.79 Å². The average Bonchev–Trinajstić information content (AvgIpc) is 2.96. The molecule has 1 aromatic rings. The lowest BCUT2D eigenvalue weighted by molar-refractivity contribution is -0.117. The highest BCUT2D eigenvalue weighted by molar-refractivity contribution is 9.10. The molecule has 19 heavy (non-hydrogen) atoms. The van der Waals surface area contributed by atoms with Gasteiger partial charge in [-0.15, -0.1) is 0 Å². The van der Waals surface area contributed by atoms with Crippen molar-refractivity contribution in [2.45, 2.75) is 32.1 Å². The Morgan fingerprint density at radius 2 is 2.21 bits per heavy atom. The maximum Gasteiger partial charge on any atom is 0.224 e. The molecule has 0 heterocycles. The standard InChI is InChI=1S/C15H17BrClNO/c16-12-3-4-13(17)14(8-12)18-15(19)7-11-6-9-1-2-10(11)5-9/h3-4,8-11H,1-2,5-7H2,(H,18,19). The van der Waals surface area contributed by atoms with Crippen LogP contribution in [0.4, 0.5) is 5.69 Å². The molecule has 0 radical (unpaired) electrons. The zero-order valence-corrected chi connectivity index (χ0v) is 13.0. The van der Waals surface area contributed by atoms with E-state index >= 15 is 0 Å². The Morgan fingerprint density at radius 3 is 2.89 bits per heavy atom. The van der Waals surface area contributed by atoms with Gasteiger partial charge in [-0.3, -0.25) is 4.79 Å². The molecular weight excluding hydrogens is 326 g/mol. The minimum Gasteiger partial charge on any atom is -0.325 e. The molecule has 1 N–H and O–H groups in total. The number of anilines is 1. The number of hydrogen-bond donors (Lipinski definition) is 1. The van der Waals surface area contributed by atoms with Crippen LogP contribution in [0.15, 0.2) is 22.7 Å². The predicted octanol–water partition coefficient (Wildman–Crippen LogP) is 4.87. The lowest BCUT2D eigenvalue weighted by Gasteiger charge is -2.21. The Morgan fingerprint density at radius 1 is 1.37 bits per heavy atom. The average molecular weight is 343 g/mol. The lowest BCUT2D eigenvalue weighted by atomic mass is 9.86. The van der Waals surface area contributed by atoms with Gasteiger partial charge >= 0.3 is 0 Å². The van der Waals surface area contributed by atoms with E-state index in [4.69, 9.17) is 11.6 Å². The van der Waals surface area contributed by atoms with Gasteiger partial charge < -0.3 is 5.32 Å². The van der Waals surface area contributed by atoms with E-state index in [0.29, 0.717) is 23.0 Å². The van der Waals surface area contributed by atoms with Gasteiger partial charge in [0, 0.05) is 10.9 Å². The summed E-state index contributed by atoms with van der Waals surface area (Å²) >= 11 is 9.48. The van der Waals surface area contributed by atoms with Gasteiger partial charge in [0.1, 0.15) is 0 Å². The Kier molecular flexibility index (Phi) is 3.86. The number of fused-ring (bicyclic) bond motifs is 2. The summed E-state index contributed by atoms with van der Waals surface area (Å²) in [6.45, 7) is 0. The van der Waals surface area contributed by atoms with E-state index in [2.05, 4.69) is 21.2 Å². The Bertz CT molecular complexity index is 505. The third-order valence-corrected chi connectivity index (χ3v) is 5.36. The second-order valence-electron chi connectivity index (χ2n) is 5.81. The van der Waals surface area contributed by atoms with Crippen LogP contribution in [0.3, 0.4) is 0 Å². The van der Waals surface area contributed by atoms with Crippen LogP contribution >= 0.6 is 27.5 Å². The molecule has 1 amide bonds. The highest BCUT2D eigenvalue weighted by Gasteiger charge is 2.40. The first-order valence-electron chi connectivity index (χ1n) is 6.86. The summed E-state index contributed by atoms with van der Waals surface area (Å²) < 4.78 is 0.923. The normalized spacial score (nSPS) is 28.6. The Hall–Kier alpha value is -0.540. The highest BCUT2D eigenvalue weighted by atomic mass is 79.9. The molecule has 4 heteroatoms. The maximum atomic E-state index is 12.1. The lowest BCUT2D eigenvalue weighted by Crippen LogP contribution is -2.20. The smallest absolute Gasteiger partial charge is 0.224 e. The summed E-state index contributed by atoms with van der Waals surface area (Å²) in [5.74, 6) is 2.35. The molecule has 0 aliphatic heterocycles. The third kappa shape index (κ3) is 2.97. The summed E-state index contributed by atoms with van der Waals surface area (Å²) in [5, 5.41) is 3.52. The van der Waals surface area contributed by atoms with Gasteiger partial charge in [0.15, 0.2) is 0 Å². The zero-order valence-electron chi connectivity index (χ0n) is 10.7. The highest BCUT2D eigenvalue weighted by Crippen LogP contribution is 2.49. The fourth-order valence-electron chi connectivity index (χ4n) is 3.66. The zero-order chi connectivity index (χ0) is 13.4. The largest absolute Gasteiger partial charge is 0.325 e. The maximum absolute atomic E-state index is 12.1. The third-order valence-electron chi connectivity index (χ3n) is 4.53. The van der Waals surface area contributed by atoms with E-state index < -0.39 is 0 Å². The van der Waals surface area contributed by atoms with E-state index in [-0.39, 0.29) is 5.91 Å². The van der Waals surface area contributed by atoms with Crippen LogP contribution in [-0.4, -0.2) is 5.91 Å². The van der Waals surface area contributed by atoms with Crippen LogP contribution in [0.25, 0.3) is 0 Å². The van der Waals surface area contributed by atoms with Crippen molar-refractivity contribution in [3.8, 4) is 0 Å². The summed E-state index contributed by atoms with van der Waals surface area (Å²) in [6.07, 6.45) is 5.92. The summed E-state index contributed by atoms with van der Waals surface area (Å²) in [5.41, 5.74) is 0.698. The first-order chi connectivity index (χ1) is 9.11. The van der Waals surface area contributed by atoms with E-state index in [1.54, 1.807) is 6.07 Å². The van der Waals surface area contributed by atoms with Crippen LogP contribution in [0, 0.1) is 17.8 Å². The molecule has 2 fully saturated rings. The summed E-state index contributed by atoms with van der Waals surface area (Å²) in [6, 6.07) is 5.51. The number of halogens is 2. The number of benzene rings is 1. The minimum absolute atomic E-state index is 0.0950. The minimum atomic E-state index is 0.0950. The van der Waals surface area contributed by atoms with Crippen molar-refractivity contribution in [2.75, 3.05) is 5.32 Å². The first-order valence-corrected chi connectivity index (χ1v) is 8.04.